The van der Waals surface area contributed by atoms with E-state index in [2.05, 4.69) is 29.7 Å². The quantitative estimate of drug-likeness (QED) is 0.214. The number of hydrazone groups is 1. The van der Waals surface area contributed by atoms with E-state index in [9.17, 15) is 9.59 Å². The summed E-state index contributed by atoms with van der Waals surface area (Å²) in [5.74, 6) is 0.703. The van der Waals surface area contributed by atoms with Crippen LogP contribution in [0.1, 0.15) is 47.8 Å². The van der Waals surface area contributed by atoms with Gasteiger partial charge in [-0.1, -0.05) is 86.6 Å². The van der Waals surface area contributed by atoms with Gasteiger partial charge in [-0.15, -0.1) is 0 Å². The fraction of sp³-hybridized carbons (Fsp3) is 0.194. The average molecular weight is 494 g/mol. The van der Waals surface area contributed by atoms with Gasteiger partial charge < -0.3 is 10.1 Å². The van der Waals surface area contributed by atoms with Crippen molar-refractivity contribution in [2.45, 2.75) is 26.3 Å². The molecule has 188 valence electrons. The fourth-order valence-corrected chi connectivity index (χ4v) is 3.96. The molecule has 0 saturated carbocycles. The Hall–Kier alpha value is -4.45. The molecule has 0 aliphatic heterocycles. The summed E-state index contributed by atoms with van der Waals surface area (Å²) >= 11 is 0. The van der Waals surface area contributed by atoms with Gasteiger partial charge >= 0.3 is 0 Å². The molecule has 4 aromatic rings. The van der Waals surface area contributed by atoms with Crippen LogP contribution in [0.25, 0.3) is 10.8 Å². The lowest BCUT2D eigenvalue weighted by molar-refractivity contribution is -0.121. The molecule has 4 rings (SSSR count). The zero-order valence-corrected chi connectivity index (χ0v) is 21.1. The summed E-state index contributed by atoms with van der Waals surface area (Å²) in [5, 5.41) is 9.15. The van der Waals surface area contributed by atoms with Crippen LogP contribution < -0.4 is 15.5 Å². The van der Waals surface area contributed by atoms with Gasteiger partial charge in [0.25, 0.3) is 5.91 Å². The number of hydrogen-bond donors (Lipinski definition) is 2. The van der Waals surface area contributed by atoms with E-state index in [0.29, 0.717) is 18.1 Å². The minimum absolute atomic E-state index is 0.0443. The van der Waals surface area contributed by atoms with E-state index in [1.54, 1.807) is 30.5 Å². The highest BCUT2D eigenvalue weighted by molar-refractivity contribution is 6.02. The van der Waals surface area contributed by atoms with Gasteiger partial charge in [-0.25, -0.2) is 5.43 Å². The maximum absolute atomic E-state index is 12.8. The molecule has 0 aliphatic rings. The number of hydrogen-bond acceptors (Lipinski definition) is 4. The van der Waals surface area contributed by atoms with Crippen molar-refractivity contribution >= 4 is 28.8 Å². The number of nitrogens with one attached hydrogen (secondary N) is 2. The molecule has 1 atom stereocenters. The first-order valence-electron chi connectivity index (χ1n) is 12.4. The lowest BCUT2D eigenvalue weighted by Crippen LogP contribution is -2.32. The van der Waals surface area contributed by atoms with E-state index in [-0.39, 0.29) is 18.2 Å². The molecular weight excluding hydrogens is 462 g/mol. The maximum atomic E-state index is 12.8. The second kappa shape index (κ2) is 12.5. The van der Waals surface area contributed by atoms with E-state index in [1.165, 1.54) is 0 Å². The third-order valence-electron chi connectivity index (χ3n) is 5.82. The van der Waals surface area contributed by atoms with Crippen molar-refractivity contribution in [3.05, 3.63) is 114 Å². The third-order valence-corrected chi connectivity index (χ3v) is 5.82. The number of amides is 2. The van der Waals surface area contributed by atoms with Crippen molar-refractivity contribution in [3.8, 4) is 5.75 Å². The Morgan fingerprint density at radius 3 is 2.19 bits per heavy atom. The van der Waals surface area contributed by atoms with Crippen LogP contribution in [0.15, 0.2) is 102 Å². The monoisotopic (exact) mass is 493 g/mol. The van der Waals surface area contributed by atoms with Crippen LogP contribution >= 0.6 is 0 Å². The molecule has 0 spiro atoms. The fourth-order valence-electron chi connectivity index (χ4n) is 3.96. The molecule has 0 radical (unpaired) electrons. The molecule has 0 fully saturated rings. The van der Waals surface area contributed by atoms with Crippen LogP contribution in [0.2, 0.25) is 0 Å². The Bertz CT molecular complexity index is 1370. The number of benzene rings is 4. The lowest BCUT2D eigenvalue weighted by Gasteiger charge is -2.18. The highest BCUT2D eigenvalue weighted by Crippen LogP contribution is 2.28. The van der Waals surface area contributed by atoms with Crippen LogP contribution in [0.5, 0.6) is 5.75 Å². The van der Waals surface area contributed by atoms with Crippen LogP contribution in [0.4, 0.5) is 0 Å². The van der Waals surface area contributed by atoms with Crippen LogP contribution in [0, 0.1) is 5.92 Å². The molecular formula is C31H31N3O3. The van der Waals surface area contributed by atoms with Crippen molar-refractivity contribution < 1.29 is 14.3 Å². The average Bonchev–Trinajstić information content (AvgIpc) is 2.93. The molecule has 4 aromatic carbocycles. The number of carbonyl (C=O) groups excluding carboxylic acids is 2. The standard InChI is InChI=1S/C31H31N3O3/c1-22(2)21-37-29-18-17-25(26-15-9-10-16-27(26)29)20-32-34-30(35)19-28(23-11-5-3-6-12-23)33-31(36)24-13-7-4-8-14-24/h3-18,20,22,28H,19,21H2,1-2H3,(H,33,36)(H,34,35)/b32-20-/t28-/m1/s1. The normalized spacial score (nSPS) is 12.0. The molecule has 37 heavy (non-hydrogen) atoms. The second-order valence-electron chi connectivity index (χ2n) is 9.20. The van der Waals surface area contributed by atoms with Gasteiger partial charge in [0.15, 0.2) is 0 Å². The summed E-state index contributed by atoms with van der Waals surface area (Å²) in [7, 11) is 0. The number of rotatable bonds is 10. The molecule has 0 aromatic heterocycles. The molecule has 0 unspecified atom stereocenters. The Morgan fingerprint density at radius 2 is 1.49 bits per heavy atom. The Balaban J connectivity index is 1.45. The molecule has 0 heterocycles. The van der Waals surface area contributed by atoms with Gasteiger partial charge in [-0.05, 0) is 41.1 Å². The van der Waals surface area contributed by atoms with Crippen molar-refractivity contribution in [1.82, 2.24) is 10.7 Å². The second-order valence-corrected chi connectivity index (χ2v) is 9.20. The Kier molecular flexibility index (Phi) is 8.66. The first-order chi connectivity index (χ1) is 18.0. The first-order valence-corrected chi connectivity index (χ1v) is 12.4. The van der Waals surface area contributed by atoms with Gasteiger partial charge in [0.1, 0.15) is 5.75 Å². The van der Waals surface area contributed by atoms with Crippen molar-refractivity contribution in [3.63, 3.8) is 0 Å². The van der Waals surface area contributed by atoms with E-state index in [0.717, 1.165) is 27.6 Å². The molecule has 2 N–H and O–H groups in total. The molecule has 2 amide bonds. The van der Waals surface area contributed by atoms with Crippen LogP contribution in [0.3, 0.4) is 0 Å². The van der Waals surface area contributed by atoms with E-state index in [1.807, 2.05) is 72.8 Å². The summed E-state index contributed by atoms with van der Waals surface area (Å²) in [5.41, 5.74) is 4.86. The SMILES string of the molecule is CC(C)COc1ccc(/C=N\NC(=O)C[C@@H](NC(=O)c2ccccc2)c2ccccc2)c2ccccc12. The van der Waals surface area contributed by atoms with Gasteiger partial charge in [0, 0.05) is 16.5 Å². The lowest BCUT2D eigenvalue weighted by atomic mass is 10.0. The van der Waals surface area contributed by atoms with Crippen LogP contribution in [-0.4, -0.2) is 24.6 Å². The Labute approximate surface area is 217 Å². The van der Waals surface area contributed by atoms with Gasteiger partial charge in [-0.3, -0.25) is 9.59 Å². The number of fused-ring (bicyclic) bond motifs is 1. The summed E-state index contributed by atoms with van der Waals surface area (Å²) < 4.78 is 5.98. The predicted octanol–water partition coefficient (Wildman–Crippen LogP) is 5.89. The minimum atomic E-state index is -0.498. The smallest absolute Gasteiger partial charge is 0.251 e. The van der Waals surface area contributed by atoms with Gasteiger partial charge in [-0.2, -0.15) is 5.10 Å². The summed E-state index contributed by atoms with van der Waals surface area (Å²) in [6.45, 7) is 4.86. The maximum Gasteiger partial charge on any atom is 0.251 e. The van der Waals surface area contributed by atoms with Gasteiger partial charge in [0.05, 0.1) is 25.3 Å². The predicted molar refractivity (Wildman–Crippen MR) is 148 cm³/mol. The number of ether oxygens (including phenoxy) is 1. The Morgan fingerprint density at radius 1 is 0.838 bits per heavy atom. The molecule has 0 saturated heterocycles. The molecule has 6 heteroatoms. The summed E-state index contributed by atoms with van der Waals surface area (Å²) in [6, 6.07) is 29.7. The molecule has 0 aliphatic carbocycles. The first kappa shape index (κ1) is 25.6. The van der Waals surface area contributed by atoms with Crippen LogP contribution in [-0.2, 0) is 4.79 Å². The van der Waals surface area contributed by atoms with Crippen molar-refractivity contribution in [1.29, 1.82) is 0 Å². The zero-order chi connectivity index (χ0) is 26.0. The topological polar surface area (TPSA) is 79.8 Å². The summed E-state index contributed by atoms with van der Waals surface area (Å²) in [6.07, 6.45) is 1.68. The van der Waals surface area contributed by atoms with E-state index >= 15 is 0 Å². The number of carbonyl (C=O) groups is 2. The largest absolute Gasteiger partial charge is 0.493 e. The van der Waals surface area contributed by atoms with E-state index in [4.69, 9.17) is 4.74 Å². The summed E-state index contributed by atoms with van der Waals surface area (Å²) in [4.78, 5) is 25.6. The van der Waals surface area contributed by atoms with Crippen molar-refractivity contribution in [2.75, 3.05) is 6.61 Å². The molecule has 0 bridgehead atoms. The third kappa shape index (κ3) is 7.04. The van der Waals surface area contributed by atoms with E-state index < -0.39 is 6.04 Å². The highest BCUT2D eigenvalue weighted by Gasteiger charge is 2.19. The molecule has 6 nitrogen and oxygen atoms in total. The minimum Gasteiger partial charge on any atom is -0.493 e. The highest BCUT2D eigenvalue weighted by atomic mass is 16.5. The zero-order valence-electron chi connectivity index (χ0n) is 21.1. The number of nitrogens with zero attached hydrogens (tertiary/aromatic N) is 1. The van der Waals surface area contributed by atoms with Gasteiger partial charge in [0.2, 0.25) is 5.91 Å². The van der Waals surface area contributed by atoms with Crippen molar-refractivity contribution in [2.24, 2.45) is 11.0 Å².